The summed E-state index contributed by atoms with van der Waals surface area (Å²) in [6.45, 7) is 2.01. The second-order valence-electron chi connectivity index (χ2n) is 5.50. The summed E-state index contributed by atoms with van der Waals surface area (Å²) in [7, 11) is 0. The highest BCUT2D eigenvalue weighted by Crippen LogP contribution is 2.35. The van der Waals surface area contributed by atoms with Gasteiger partial charge in [-0.25, -0.2) is 4.98 Å². The van der Waals surface area contributed by atoms with E-state index in [-0.39, 0.29) is 5.56 Å². The molecule has 0 N–H and O–H groups in total. The van der Waals surface area contributed by atoms with Crippen molar-refractivity contribution >= 4 is 27.8 Å². The van der Waals surface area contributed by atoms with E-state index in [1.165, 1.54) is 22.3 Å². The number of aromatic nitrogens is 3. The molecule has 0 radical (unpaired) electrons. The van der Waals surface area contributed by atoms with Crippen LogP contribution in [-0.4, -0.2) is 20.9 Å². The smallest absolute Gasteiger partial charge is 0.267 e. The molecule has 0 unspecified atom stereocenters. The summed E-state index contributed by atoms with van der Waals surface area (Å²) in [6.07, 6.45) is 6.44. The average molecular weight is 346 g/mol. The van der Waals surface area contributed by atoms with Crippen LogP contribution in [0.2, 0.25) is 0 Å². The third-order valence-electron chi connectivity index (χ3n) is 3.85. The summed E-state index contributed by atoms with van der Waals surface area (Å²) in [4.78, 5) is 23.2. The van der Waals surface area contributed by atoms with Crippen molar-refractivity contribution in [3.8, 4) is 11.1 Å². The number of hydrogen-bond acceptors (Lipinski definition) is 5. The quantitative estimate of drug-likeness (QED) is 0.531. The molecule has 0 aliphatic heterocycles. The first-order valence-corrected chi connectivity index (χ1v) is 8.56. The van der Waals surface area contributed by atoms with Gasteiger partial charge in [0.05, 0.1) is 11.6 Å². The van der Waals surface area contributed by atoms with Crippen LogP contribution in [0.4, 0.5) is 0 Å². The molecular weight excluding hydrogens is 332 g/mol. The maximum atomic E-state index is 13.0. The number of nitrogens with zero attached hydrogens (tertiary/aromatic N) is 4. The Hall–Kier alpha value is -3.12. The molecule has 5 nitrogen and oxygen atoms in total. The van der Waals surface area contributed by atoms with Crippen LogP contribution >= 0.6 is 11.3 Å². The van der Waals surface area contributed by atoms with Gasteiger partial charge in [-0.1, -0.05) is 36.4 Å². The molecule has 3 aromatic heterocycles. The molecule has 0 spiro atoms. The molecule has 0 aliphatic carbocycles. The lowest BCUT2D eigenvalue weighted by molar-refractivity contribution is 0.819. The Bertz CT molecular complexity index is 1110. The third-order valence-corrected chi connectivity index (χ3v) is 4.86. The molecule has 0 atom stereocenters. The molecule has 0 amide bonds. The van der Waals surface area contributed by atoms with Crippen LogP contribution in [0.15, 0.2) is 71.1 Å². The maximum absolute atomic E-state index is 13.0. The topological polar surface area (TPSA) is 60.1 Å². The Morgan fingerprint density at radius 2 is 2.00 bits per heavy atom. The number of thiophene rings is 1. The van der Waals surface area contributed by atoms with Crippen LogP contribution in [0.3, 0.4) is 0 Å². The minimum absolute atomic E-state index is 0.173. The number of pyridine rings is 1. The van der Waals surface area contributed by atoms with Crippen LogP contribution in [-0.2, 0) is 0 Å². The van der Waals surface area contributed by atoms with Gasteiger partial charge in [0.15, 0.2) is 0 Å². The fourth-order valence-corrected chi connectivity index (χ4v) is 3.71. The number of fused-ring (bicyclic) bond motifs is 1. The normalized spacial score (nSPS) is 11.4. The van der Waals surface area contributed by atoms with Gasteiger partial charge < -0.3 is 0 Å². The number of hydrogen-bond donors (Lipinski definition) is 0. The van der Waals surface area contributed by atoms with Crippen molar-refractivity contribution in [2.75, 3.05) is 0 Å². The zero-order valence-electron chi connectivity index (χ0n) is 13.5. The van der Waals surface area contributed by atoms with E-state index in [1.54, 1.807) is 18.6 Å². The monoisotopic (exact) mass is 346 g/mol. The van der Waals surface area contributed by atoms with Gasteiger partial charge in [0, 0.05) is 28.4 Å². The molecule has 4 rings (SSSR count). The number of benzene rings is 1. The van der Waals surface area contributed by atoms with Gasteiger partial charge in [0.25, 0.3) is 5.56 Å². The molecule has 6 heteroatoms. The van der Waals surface area contributed by atoms with Gasteiger partial charge in [0.1, 0.15) is 11.2 Å². The minimum atomic E-state index is -0.173. The summed E-state index contributed by atoms with van der Waals surface area (Å²) in [5, 5.41) is 4.86. The molecular formula is C19H14N4OS. The van der Waals surface area contributed by atoms with Crippen molar-refractivity contribution in [3.63, 3.8) is 0 Å². The predicted octanol–water partition coefficient (Wildman–Crippen LogP) is 3.71. The molecule has 0 saturated heterocycles. The fraction of sp³-hybridized carbons (Fsp3) is 0.0526. The van der Waals surface area contributed by atoms with Crippen LogP contribution < -0.4 is 5.56 Å². The van der Waals surface area contributed by atoms with Crippen LogP contribution in [0.25, 0.3) is 21.3 Å². The largest absolute Gasteiger partial charge is 0.283 e. The van der Waals surface area contributed by atoms with Crippen LogP contribution in [0.5, 0.6) is 0 Å². The number of rotatable bonds is 3. The van der Waals surface area contributed by atoms with Gasteiger partial charge in [0.2, 0.25) is 0 Å². The summed E-state index contributed by atoms with van der Waals surface area (Å²) in [5.41, 5.74) is 2.59. The Labute approximate surface area is 147 Å². The van der Waals surface area contributed by atoms with E-state index >= 15 is 0 Å². The summed E-state index contributed by atoms with van der Waals surface area (Å²) >= 11 is 1.52. The molecule has 0 fully saturated rings. The van der Waals surface area contributed by atoms with Gasteiger partial charge in [-0.3, -0.25) is 9.78 Å². The van der Waals surface area contributed by atoms with E-state index in [0.29, 0.717) is 5.39 Å². The molecule has 0 saturated carbocycles. The molecule has 0 aliphatic rings. The highest BCUT2D eigenvalue weighted by molar-refractivity contribution is 7.19. The minimum Gasteiger partial charge on any atom is -0.267 e. The van der Waals surface area contributed by atoms with E-state index in [9.17, 15) is 4.79 Å². The SMILES string of the molecule is Cc1sc2ncn(/N=C\c3cccnc3)c(=O)c2c1-c1ccccc1. The van der Waals surface area contributed by atoms with Gasteiger partial charge in [-0.15, -0.1) is 11.3 Å². The average Bonchev–Trinajstić information content (AvgIpc) is 2.99. The maximum Gasteiger partial charge on any atom is 0.283 e. The second kappa shape index (κ2) is 6.41. The van der Waals surface area contributed by atoms with Crippen molar-refractivity contribution in [2.45, 2.75) is 6.92 Å². The molecule has 0 bridgehead atoms. The highest BCUT2D eigenvalue weighted by Gasteiger charge is 2.16. The standard InChI is InChI=1S/C19H14N4OS/c1-13-16(15-7-3-2-4-8-15)17-18(25-13)21-12-23(19(17)24)22-11-14-6-5-9-20-10-14/h2-12H,1H3/b22-11-. The van der Waals surface area contributed by atoms with Gasteiger partial charge >= 0.3 is 0 Å². The Kier molecular flexibility index (Phi) is 3.95. The van der Waals surface area contributed by atoms with Crippen molar-refractivity contribution in [1.29, 1.82) is 0 Å². The van der Waals surface area contributed by atoms with Crippen LogP contribution in [0.1, 0.15) is 10.4 Å². The first-order valence-electron chi connectivity index (χ1n) is 7.74. The zero-order chi connectivity index (χ0) is 17.2. The van der Waals surface area contributed by atoms with E-state index in [1.807, 2.05) is 49.4 Å². The molecule has 122 valence electrons. The van der Waals surface area contributed by atoms with Gasteiger partial charge in [-0.2, -0.15) is 9.78 Å². The molecule has 25 heavy (non-hydrogen) atoms. The van der Waals surface area contributed by atoms with Gasteiger partial charge in [-0.05, 0) is 18.6 Å². The first-order chi connectivity index (χ1) is 12.2. The van der Waals surface area contributed by atoms with E-state index in [0.717, 1.165) is 26.4 Å². The Morgan fingerprint density at radius 3 is 2.76 bits per heavy atom. The lowest BCUT2D eigenvalue weighted by atomic mass is 10.0. The summed E-state index contributed by atoms with van der Waals surface area (Å²) in [5.74, 6) is 0. The summed E-state index contributed by atoms with van der Waals surface area (Å²) < 4.78 is 1.27. The lowest BCUT2D eigenvalue weighted by Gasteiger charge is -2.02. The first kappa shape index (κ1) is 15.4. The second-order valence-corrected chi connectivity index (χ2v) is 6.71. The predicted molar refractivity (Wildman–Crippen MR) is 101 cm³/mol. The third kappa shape index (κ3) is 2.88. The Balaban J connectivity index is 1.88. The molecule has 1 aromatic carbocycles. The lowest BCUT2D eigenvalue weighted by Crippen LogP contribution is -2.16. The summed E-state index contributed by atoms with van der Waals surface area (Å²) in [6, 6.07) is 13.6. The Morgan fingerprint density at radius 1 is 1.16 bits per heavy atom. The fourth-order valence-electron chi connectivity index (χ4n) is 2.71. The molecule has 3 heterocycles. The van der Waals surface area contributed by atoms with Crippen molar-refractivity contribution in [3.05, 3.63) is 82.0 Å². The van der Waals surface area contributed by atoms with Crippen molar-refractivity contribution in [2.24, 2.45) is 5.10 Å². The van der Waals surface area contributed by atoms with E-state index in [4.69, 9.17) is 0 Å². The van der Waals surface area contributed by atoms with E-state index < -0.39 is 0 Å². The number of aryl methyl sites for hydroxylation is 1. The van der Waals surface area contributed by atoms with E-state index in [2.05, 4.69) is 15.1 Å². The van der Waals surface area contributed by atoms with Crippen molar-refractivity contribution in [1.82, 2.24) is 14.6 Å². The highest BCUT2D eigenvalue weighted by atomic mass is 32.1. The zero-order valence-corrected chi connectivity index (χ0v) is 14.3. The molecule has 4 aromatic rings. The van der Waals surface area contributed by atoms with Crippen molar-refractivity contribution < 1.29 is 0 Å². The van der Waals surface area contributed by atoms with Crippen LogP contribution in [0, 0.1) is 6.92 Å².